The molecule has 0 spiro atoms. The number of anilines is 1. The second-order valence-electron chi connectivity index (χ2n) is 6.25. The van der Waals surface area contributed by atoms with Crippen molar-refractivity contribution in [2.45, 2.75) is 20.8 Å². The first-order valence-corrected chi connectivity index (χ1v) is 8.35. The Morgan fingerprint density at radius 3 is 2.12 bits per heavy atom. The highest BCUT2D eigenvalue weighted by molar-refractivity contribution is 5.82. The lowest BCUT2D eigenvalue weighted by molar-refractivity contribution is 0.242. The SMILES string of the molecule is CC1=C(c2ccc(-c3ccccc3)cc2)N(c2onc(C)c2C)CO1. The number of aryl methyl sites for hydroxylation is 1. The van der Waals surface area contributed by atoms with Gasteiger partial charge < -0.3 is 9.26 Å². The summed E-state index contributed by atoms with van der Waals surface area (Å²) < 4.78 is 11.3. The van der Waals surface area contributed by atoms with Gasteiger partial charge in [0.05, 0.1) is 11.4 Å². The molecule has 1 aliphatic heterocycles. The zero-order valence-corrected chi connectivity index (χ0v) is 14.6. The Kier molecular flexibility index (Phi) is 3.80. The summed E-state index contributed by atoms with van der Waals surface area (Å²) >= 11 is 0. The number of aromatic nitrogens is 1. The molecule has 3 aromatic rings. The summed E-state index contributed by atoms with van der Waals surface area (Å²) in [6.07, 6.45) is 0. The number of rotatable bonds is 3. The number of allylic oxidation sites excluding steroid dienone is 1. The molecular weight excluding hydrogens is 312 g/mol. The maximum atomic E-state index is 5.78. The van der Waals surface area contributed by atoms with E-state index in [0.29, 0.717) is 6.73 Å². The molecule has 4 heteroatoms. The largest absolute Gasteiger partial charge is 0.475 e. The first-order valence-electron chi connectivity index (χ1n) is 8.35. The van der Waals surface area contributed by atoms with Gasteiger partial charge in [-0.2, -0.15) is 0 Å². The minimum atomic E-state index is 0.442. The number of ether oxygens (including phenoxy) is 1. The highest BCUT2D eigenvalue weighted by Crippen LogP contribution is 2.37. The molecule has 2 aromatic carbocycles. The second kappa shape index (κ2) is 6.13. The predicted octanol–water partition coefficient (Wildman–Crippen LogP) is 5.14. The van der Waals surface area contributed by atoms with Crippen LogP contribution in [0, 0.1) is 13.8 Å². The monoisotopic (exact) mass is 332 g/mol. The Hall–Kier alpha value is -3.01. The van der Waals surface area contributed by atoms with Gasteiger partial charge in [0.15, 0.2) is 6.73 Å². The van der Waals surface area contributed by atoms with Gasteiger partial charge in [-0.15, -0.1) is 0 Å². The first-order chi connectivity index (χ1) is 12.1. The average Bonchev–Trinajstić information content (AvgIpc) is 3.18. The van der Waals surface area contributed by atoms with Crippen molar-refractivity contribution in [2.75, 3.05) is 11.6 Å². The number of nitrogens with zero attached hydrogens (tertiary/aromatic N) is 2. The van der Waals surface area contributed by atoms with Crippen molar-refractivity contribution in [1.82, 2.24) is 5.16 Å². The van der Waals surface area contributed by atoms with Crippen LogP contribution in [0.3, 0.4) is 0 Å². The van der Waals surface area contributed by atoms with Gasteiger partial charge in [0.2, 0.25) is 5.88 Å². The Morgan fingerprint density at radius 1 is 0.840 bits per heavy atom. The highest BCUT2D eigenvalue weighted by Gasteiger charge is 2.28. The summed E-state index contributed by atoms with van der Waals surface area (Å²) in [4.78, 5) is 2.04. The van der Waals surface area contributed by atoms with E-state index in [2.05, 4.69) is 53.7 Å². The van der Waals surface area contributed by atoms with Crippen molar-refractivity contribution in [3.63, 3.8) is 0 Å². The summed E-state index contributed by atoms with van der Waals surface area (Å²) in [6, 6.07) is 18.9. The topological polar surface area (TPSA) is 38.5 Å². The lowest BCUT2D eigenvalue weighted by Crippen LogP contribution is -2.18. The van der Waals surface area contributed by atoms with Crippen LogP contribution in [0.4, 0.5) is 5.88 Å². The van der Waals surface area contributed by atoms with Crippen molar-refractivity contribution in [3.8, 4) is 11.1 Å². The van der Waals surface area contributed by atoms with Crippen LogP contribution in [0.5, 0.6) is 0 Å². The molecule has 126 valence electrons. The van der Waals surface area contributed by atoms with E-state index >= 15 is 0 Å². The van der Waals surface area contributed by atoms with E-state index in [-0.39, 0.29) is 0 Å². The normalized spacial score (nSPS) is 14.1. The van der Waals surface area contributed by atoms with Gasteiger partial charge in [-0.3, -0.25) is 4.90 Å². The van der Waals surface area contributed by atoms with Gasteiger partial charge in [-0.05, 0) is 31.9 Å². The molecule has 0 radical (unpaired) electrons. The fourth-order valence-electron chi connectivity index (χ4n) is 3.11. The Balaban J connectivity index is 1.70. The zero-order chi connectivity index (χ0) is 17.4. The van der Waals surface area contributed by atoms with Crippen molar-refractivity contribution < 1.29 is 9.26 Å². The van der Waals surface area contributed by atoms with Crippen LogP contribution in [0.15, 0.2) is 64.9 Å². The molecule has 2 heterocycles. The fraction of sp³-hybridized carbons (Fsp3) is 0.190. The quantitative estimate of drug-likeness (QED) is 0.665. The van der Waals surface area contributed by atoms with E-state index in [1.807, 2.05) is 31.7 Å². The van der Waals surface area contributed by atoms with Gasteiger partial charge in [-0.1, -0.05) is 59.8 Å². The fourth-order valence-corrected chi connectivity index (χ4v) is 3.11. The molecule has 0 aliphatic carbocycles. The smallest absolute Gasteiger partial charge is 0.237 e. The lowest BCUT2D eigenvalue weighted by atomic mass is 10.0. The molecule has 0 unspecified atom stereocenters. The minimum Gasteiger partial charge on any atom is -0.475 e. The average molecular weight is 332 g/mol. The van der Waals surface area contributed by atoms with E-state index in [1.54, 1.807) is 0 Å². The van der Waals surface area contributed by atoms with Gasteiger partial charge >= 0.3 is 0 Å². The van der Waals surface area contributed by atoms with Crippen LogP contribution in [-0.2, 0) is 4.74 Å². The molecule has 4 rings (SSSR count). The molecular formula is C21H20N2O2. The summed E-state index contributed by atoms with van der Waals surface area (Å²) in [5.41, 5.74) is 6.47. The van der Waals surface area contributed by atoms with Crippen LogP contribution >= 0.6 is 0 Å². The van der Waals surface area contributed by atoms with E-state index in [4.69, 9.17) is 9.26 Å². The number of hydrogen-bond donors (Lipinski definition) is 0. The van der Waals surface area contributed by atoms with Crippen LogP contribution in [-0.4, -0.2) is 11.9 Å². The number of hydrogen-bond acceptors (Lipinski definition) is 4. The summed E-state index contributed by atoms with van der Waals surface area (Å²) in [5, 5.41) is 4.07. The van der Waals surface area contributed by atoms with Gasteiger partial charge in [-0.25, -0.2) is 0 Å². The molecule has 0 atom stereocenters. The summed E-state index contributed by atoms with van der Waals surface area (Å²) in [5.74, 6) is 1.64. The van der Waals surface area contributed by atoms with Gasteiger partial charge in [0.1, 0.15) is 5.76 Å². The molecule has 4 nitrogen and oxygen atoms in total. The van der Waals surface area contributed by atoms with Crippen LogP contribution < -0.4 is 4.90 Å². The van der Waals surface area contributed by atoms with Crippen molar-refractivity contribution >= 4 is 11.6 Å². The maximum absolute atomic E-state index is 5.78. The molecule has 0 saturated carbocycles. The van der Waals surface area contributed by atoms with E-state index < -0.39 is 0 Å². The molecule has 0 fully saturated rings. The number of benzene rings is 2. The molecule has 1 aromatic heterocycles. The second-order valence-corrected chi connectivity index (χ2v) is 6.25. The lowest BCUT2D eigenvalue weighted by Gasteiger charge is -2.17. The molecule has 0 saturated heterocycles. The Morgan fingerprint density at radius 2 is 1.48 bits per heavy atom. The van der Waals surface area contributed by atoms with Crippen molar-refractivity contribution in [3.05, 3.63) is 77.2 Å². The van der Waals surface area contributed by atoms with Gasteiger partial charge in [0.25, 0.3) is 0 Å². The standard InChI is InChI=1S/C21H20N2O2/c1-14-15(2)22-25-21(14)23-13-24-16(3)20(23)19-11-9-18(10-12-19)17-7-5-4-6-8-17/h4-12H,13H2,1-3H3. The van der Waals surface area contributed by atoms with Crippen LogP contribution in [0.25, 0.3) is 16.8 Å². The molecule has 1 aliphatic rings. The molecule has 0 N–H and O–H groups in total. The summed E-state index contributed by atoms with van der Waals surface area (Å²) in [6.45, 7) is 6.39. The molecule has 0 bridgehead atoms. The van der Waals surface area contributed by atoms with E-state index in [0.717, 1.165) is 34.2 Å². The third-order valence-corrected chi connectivity index (χ3v) is 4.66. The van der Waals surface area contributed by atoms with Crippen LogP contribution in [0.1, 0.15) is 23.7 Å². The van der Waals surface area contributed by atoms with Crippen molar-refractivity contribution in [1.29, 1.82) is 0 Å². The minimum absolute atomic E-state index is 0.442. The molecule has 0 amide bonds. The Labute approximate surface area is 147 Å². The third-order valence-electron chi connectivity index (χ3n) is 4.66. The zero-order valence-electron chi connectivity index (χ0n) is 14.6. The Bertz CT molecular complexity index is 924. The van der Waals surface area contributed by atoms with Crippen molar-refractivity contribution in [2.24, 2.45) is 0 Å². The van der Waals surface area contributed by atoms with Gasteiger partial charge in [0, 0.05) is 11.1 Å². The van der Waals surface area contributed by atoms with Crippen LogP contribution in [0.2, 0.25) is 0 Å². The molecule has 25 heavy (non-hydrogen) atoms. The first kappa shape index (κ1) is 15.5. The highest BCUT2D eigenvalue weighted by atomic mass is 16.5. The van der Waals surface area contributed by atoms with E-state index in [1.165, 1.54) is 11.1 Å². The van der Waals surface area contributed by atoms with E-state index in [9.17, 15) is 0 Å². The maximum Gasteiger partial charge on any atom is 0.237 e. The third kappa shape index (κ3) is 2.70. The predicted molar refractivity (Wildman–Crippen MR) is 98.9 cm³/mol. The summed E-state index contributed by atoms with van der Waals surface area (Å²) in [7, 11) is 0.